The van der Waals surface area contributed by atoms with E-state index in [0.29, 0.717) is 6.04 Å². The van der Waals surface area contributed by atoms with Crippen LogP contribution in [0.4, 0.5) is 0 Å². The second-order valence-electron chi connectivity index (χ2n) is 7.04. The molecule has 0 spiro atoms. The van der Waals surface area contributed by atoms with Crippen molar-refractivity contribution < 1.29 is 9.31 Å². The van der Waals surface area contributed by atoms with Crippen molar-refractivity contribution in [2.75, 3.05) is 13.6 Å². The predicted molar refractivity (Wildman–Crippen MR) is 82.1 cm³/mol. The molecule has 20 heavy (non-hydrogen) atoms. The van der Waals surface area contributed by atoms with Crippen molar-refractivity contribution in [2.24, 2.45) is 0 Å². The minimum Gasteiger partial charge on any atom is -0.399 e. The molecule has 0 amide bonds. The first-order valence-corrected chi connectivity index (χ1v) is 7.46. The highest BCUT2D eigenvalue weighted by molar-refractivity contribution is 6.62. The monoisotopic (exact) mass is 273 g/mol. The second-order valence-corrected chi connectivity index (χ2v) is 7.04. The third-order valence-corrected chi connectivity index (χ3v) is 5.13. The Morgan fingerprint density at radius 3 is 2.00 bits per heavy atom. The lowest BCUT2D eigenvalue weighted by molar-refractivity contribution is 0.00578. The zero-order valence-electron chi connectivity index (χ0n) is 13.1. The third-order valence-electron chi connectivity index (χ3n) is 5.13. The molecule has 0 aliphatic carbocycles. The number of nitrogens with zero attached hydrogens (tertiary/aromatic N) is 1. The van der Waals surface area contributed by atoms with Crippen LogP contribution in [0.15, 0.2) is 24.3 Å². The molecule has 0 bridgehead atoms. The first kappa shape index (κ1) is 14.1. The van der Waals surface area contributed by atoms with Crippen molar-refractivity contribution in [1.82, 2.24) is 4.90 Å². The van der Waals surface area contributed by atoms with Crippen LogP contribution in [0.3, 0.4) is 0 Å². The van der Waals surface area contributed by atoms with Crippen molar-refractivity contribution in [1.29, 1.82) is 0 Å². The summed E-state index contributed by atoms with van der Waals surface area (Å²) < 4.78 is 12.2. The third kappa shape index (κ3) is 2.20. The summed E-state index contributed by atoms with van der Waals surface area (Å²) in [5, 5.41) is 0. The van der Waals surface area contributed by atoms with Crippen LogP contribution in [0.25, 0.3) is 0 Å². The van der Waals surface area contributed by atoms with Gasteiger partial charge in [-0.25, -0.2) is 0 Å². The summed E-state index contributed by atoms with van der Waals surface area (Å²) in [4.78, 5) is 2.38. The average Bonchev–Trinajstić information content (AvgIpc) is 2.57. The maximum absolute atomic E-state index is 6.08. The van der Waals surface area contributed by atoms with Crippen LogP contribution in [0, 0.1) is 0 Å². The molecule has 0 radical (unpaired) electrons. The smallest absolute Gasteiger partial charge is 0.399 e. The Morgan fingerprint density at radius 2 is 1.60 bits per heavy atom. The Balaban J connectivity index is 1.76. The summed E-state index contributed by atoms with van der Waals surface area (Å²) in [5.41, 5.74) is 1.95. The summed E-state index contributed by atoms with van der Waals surface area (Å²) in [6.45, 7) is 9.55. The fourth-order valence-corrected chi connectivity index (χ4v) is 2.79. The summed E-state index contributed by atoms with van der Waals surface area (Å²) in [7, 11) is 1.92. The molecular weight excluding hydrogens is 249 g/mol. The van der Waals surface area contributed by atoms with E-state index >= 15 is 0 Å². The largest absolute Gasteiger partial charge is 0.494 e. The quantitative estimate of drug-likeness (QED) is 0.772. The van der Waals surface area contributed by atoms with Crippen LogP contribution < -0.4 is 5.46 Å². The fraction of sp³-hybridized carbons (Fsp3) is 0.625. The van der Waals surface area contributed by atoms with Gasteiger partial charge in [-0.3, -0.25) is 4.90 Å². The lowest BCUT2D eigenvalue weighted by Gasteiger charge is -2.38. The van der Waals surface area contributed by atoms with Crippen LogP contribution in [0.2, 0.25) is 0 Å². The normalized spacial score (nSPS) is 28.4. The van der Waals surface area contributed by atoms with E-state index in [1.165, 1.54) is 18.5 Å². The number of rotatable bonds is 2. The van der Waals surface area contributed by atoms with E-state index in [9.17, 15) is 0 Å². The van der Waals surface area contributed by atoms with Gasteiger partial charge in [-0.05, 0) is 52.2 Å². The van der Waals surface area contributed by atoms with Crippen molar-refractivity contribution in [2.45, 2.75) is 51.4 Å². The molecule has 0 aromatic heterocycles. The topological polar surface area (TPSA) is 21.7 Å². The molecular formula is C16H24BNO2. The maximum Gasteiger partial charge on any atom is 0.494 e. The van der Waals surface area contributed by atoms with E-state index in [0.717, 1.165) is 5.46 Å². The summed E-state index contributed by atoms with van der Waals surface area (Å²) in [6.07, 6.45) is 1.26. The number of likely N-dealkylation sites (tertiary alicyclic amines) is 1. The summed E-state index contributed by atoms with van der Waals surface area (Å²) in [5.74, 6) is 0. The molecule has 1 atom stereocenters. The molecule has 4 heteroatoms. The highest BCUT2D eigenvalue weighted by Crippen LogP contribution is 2.36. The van der Waals surface area contributed by atoms with Crippen LogP contribution in [-0.2, 0) is 9.31 Å². The standard InChI is InChI=1S/C16H24BNO2/c1-15(2)16(3,4)20-17(19-15)13-8-6-12(7-9-13)14-10-11-18(14)5/h6-9,14H,10-11H2,1-5H3. The van der Waals surface area contributed by atoms with Gasteiger partial charge in [0.25, 0.3) is 0 Å². The molecule has 2 aliphatic heterocycles. The van der Waals surface area contributed by atoms with E-state index in [-0.39, 0.29) is 18.3 Å². The van der Waals surface area contributed by atoms with Gasteiger partial charge < -0.3 is 9.31 Å². The Hall–Kier alpha value is -0.835. The minimum absolute atomic E-state index is 0.256. The number of hydrogen-bond donors (Lipinski definition) is 0. The summed E-state index contributed by atoms with van der Waals surface area (Å²) in [6, 6.07) is 9.29. The molecule has 1 aromatic rings. The highest BCUT2D eigenvalue weighted by Gasteiger charge is 2.51. The summed E-state index contributed by atoms with van der Waals surface area (Å²) >= 11 is 0. The van der Waals surface area contributed by atoms with Gasteiger partial charge in [-0.1, -0.05) is 24.3 Å². The van der Waals surface area contributed by atoms with E-state index in [2.05, 4.69) is 63.9 Å². The van der Waals surface area contributed by atoms with E-state index in [1.54, 1.807) is 0 Å². The molecule has 1 aromatic carbocycles. The Labute approximate surface area is 122 Å². The average molecular weight is 273 g/mol. The van der Waals surface area contributed by atoms with Crippen LogP contribution in [-0.4, -0.2) is 36.8 Å². The predicted octanol–water partition coefficient (Wildman–Crippen LogP) is 2.36. The van der Waals surface area contributed by atoms with Crippen LogP contribution >= 0.6 is 0 Å². The van der Waals surface area contributed by atoms with Crippen molar-refractivity contribution in [3.05, 3.63) is 29.8 Å². The van der Waals surface area contributed by atoms with Crippen LogP contribution in [0.1, 0.15) is 45.7 Å². The molecule has 1 unspecified atom stereocenters. The molecule has 108 valence electrons. The first-order chi connectivity index (χ1) is 9.30. The van der Waals surface area contributed by atoms with Gasteiger partial charge >= 0.3 is 7.12 Å². The van der Waals surface area contributed by atoms with Crippen molar-refractivity contribution in [3.63, 3.8) is 0 Å². The van der Waals surface area contributed by atoms with Gasteiger partial charge in [0.15, 0.2) is 0 Å². The van der Waals surface area contributed by atoms with Crippen LogP contribution in [0.5, 0.6) is 0 Å². The zero-order chi connectivity index (χ0) is 14.5. The minimum atomic E-state index is -0.273. The lowest BCUT2D eigenvalue weighted by Crippen LogP contribution is -2.41. The van der Waals surface area contributed by atoms with Gasteiger partial charge in [0, 0.05) is 12.6 Å². The Kier molecular flexibility index (Phi) is 3.24. The Morgan fingerprint density at radius 1 is 1.05 bits per heavy atom. The number of benzene rings is 1. The highest BCUT2D eigenvalue weighted by atomic mass is 16.7. The van der Waals surface area contributed by atoms with E-state index < -0.39 is 0 Å². The molecule has 2 aliphatic rings. The second kappa shape index (κ2) is 4.59. The molecule has 3 rings (SSSR count). The van der Waals surface area contributed by atoms with Gasteiger partial charge in [-0.2, -0.15) is 0 Å². The molecule has 2 heterocycles. The zero-order valence-corrected chi connectivity index (χ0v) is 13.1. The van der Waals surface area contributed by atoms with Gasteiger partial charge in [-0.15, -0.1) is 0 Å². The molecule has 2 saturated heterocycles. The van der Waals surface area contributed by atoms with Crippen molar-refractivity contribution >= 4 is 12.6 Å². The SMILES string of the molecule is CN1CCC1c1ccc(B2OC(C)(C)C(C)(C)O2)cc1. The fourth-order valence-electron chi connectivity index (χ4n) is 2.79. The maximum atomic E-state index is 6.08. The van der Waals surface area contributed by atoms with E-state index in [4.69, 9.17) is 9.31 Å². The van der Waals surface area contributed by atoms with Gasteiger partial charge in [0.1, 0.15) is 0 Å². The van der Waals surface area contributed by atoms with Gasteiger partial charge in [0.05, 0.1) is 11.2 Å². The Bertz CT molecular complexity index is 482. The molecule has 0 N–H and O–H groups in total. The number of hydrogen-bond acceptors (Lipinski definition) is 3. The van der Waals surface area contributed by atoms with E-state index in [1.807, 2.05) is 0 Å². The lowest BCUT2D eigenvalue weighted by atomic mass is 9.78. The van der Waals surface area contributed by atoms with Gasteiger partial charge in [0.2, 0.25) is 0 Å². The first-order valence-electron chi connectivity index (χ1n) is 7.46. The van der Waals surface area contributed by atoms with Crippen molar-refractivity contribution in [3.8, 4) is 0 Å². The molecule has 2 fully saturated rings. The molecule has 3 nitrogen and oxygen atoms in total. The molecule has 0 saturated carbocycles.